The number of hydrogen-bond donors (Lipinski definition) is 15. The molecule has 0 aromatic carbocycles. The van der Waals surface area contributed by atoms with E-state index < -0.39 is 126 Å². The lowest BCUT2D eigenvalue weighted by Gasteiger charge is -2.32. The number of carboxylic acids is 1. The van der Waals surface area contributed by atoms with E-state index in [9.17, 15) is 58.2 Å². The number of nitrogens with one attached hydrogen (secondary N) is 8. The number of carboxylic acid groups (broad SMARTS) is 1. The highest BCUT2D eigenvalue weighted by atomic mass is 32.1. The lowest BCUT2D eigenvalue weighted by Crippen LogP contribution is -2.61. The third-order valence-electron chi connectivity index (χ3n) is 11.9. The first-order chi connectivity index (χ1) is 33.8. The van der Waals surface area contributed by atoms with Crippen molar-refractivity contribution in [2.75, 3.05) is 44.2 Å². The molecule has 0 unspecified atom stereocenters. The first kappa shape index (κ1) is 59.8. The molecule has 3 rings (SSSR count). The van der Waals surface area contributed by atoms with Crippen LogP contribution >= 0.6 is 25.3 Å². The number of carbonyl (C=O) groups excluding carboxylic acids is 9. The van der Waals surface area contributed by atoms with Crippen LogP contribution in [0.2, 0.25) is 0 Å². The van der Waals surface area contributed by atoms with E-state index in [0.717, 1.165) is 0 Å². The average molecular weight is 1040 g/mol. The molecule has 28 heteroatoms. The van der Waals surface area contributed by atoms with Gasteiger partial charge in [0, 0.05) is 42.9 Å². The van der Waals surface area contributed by atoms with Crippen molar-refractivity contribution in [2.45, 2.75) is 145 Å². The monoisotopic (exact) mass is 1040 g/mol. The Morgan fingerprint density at radius 3 is 1.77 bits per heavy atom. The number of nitrogens with two attached hydrogens (primary N) is 3. The number of aliphatic hydroxyl groups excluding tert-OH is 1. The Hall–Kier alpha value is -5.55. The second kappa shape index (κ2) is 30.4. The highest BCUT2D eigenvalue weighted by molar-refractivity contribution is 7.80. The Morgan fingerprint density at radius 1 is 0.704 bits per heavy atom. The molecule has 2 saturated heterocycles. The molecule has 10 atom stereocenters. The molecule has 71 heavy (non-hydrogen) atoms. The highest BCUT2D eigenvalue weighted by Crippen LogP contribution is 2.23. The van der Waals surface area contributed by atoms with Crippen LogP contribution < -0.4 is 54.4 Å². The quantitative estimate of drug-likeness (QED) is 0.0253. The SMILES string of the molecule is C[C@H](N)C(=O)N[C@@H](CS)C(=O)N[C@H](C(=O)N1CCC[C@H]1C(=O)N[C@@H](CCCCN)C(=O)N1CCC[C@H]1C(=O)NCC(=O)N[C@@H](CCCCN)C(=O)N[C@@H](Cc1cnc[nH]1)C(=O)N[C@@H](CS)C(=O)O)[C@@H](C)O. The predicted octanol–water partition coefficient (Wildman–Crippen LogP) is -5.11. The minimum Gasteiger partial charge on any atom is -0.480 e. The minimum atomic E-state index is -1.51. The summed E-state index contributed by atoms with van der Waals surface area (Å²) in [5, 5.41) is 37.8. The number of aromatic amines is 1. The van der Waals surface area contributed by atoms with Crippen LogP contribution in [-0.2, 0) is 54.4 Å². The smallest absolute Gasteiger partial charge is 0.327 e. The Balaban J connectivity index is 1.71. The van der Waals surface area contributed by atoms with Gasteiger partial charge in [-0.05, 0) is 91.1 Å². The van der Waals surface area contributed by atoms with Gasteiger partial charge >= 0.3 is 5.97 Å². The van der Waals surface area contributed by atoms with Crippen molar-refractivity contribution in [3.63, 3.8) is 0 Å². The van der Waals surface area contributed by atoms with E-state index in [1.807, 2.05) is 0 Å². The molecular formula is C43H72N14O12S2. The molecule has 2 aliphatic rings. The van der Waals surface area contributed by atoms with Crippen LogP contribution in [0.4, 0.5) is 0 Å². The molecule has 16 N–H and O–H groups in total. The van der Waals surface area contributed by atoms with E-state index in [-0.39, 0.29) is 56.7 Å². The van der Waals surface area contributed by atoms with Gasteiger partial charge in [0.15, 0.2) is 0 Å². The molecule has 1 aromatic rings. The van der Waals surface area contributed by atoms with Crippen LogP contribution in [0, 0.1) is 0 Å². The number of hydrogen-bond acceptors (Lipinski definition) is 17. The summed E-state index contributed by atoms with van der Waals surface area (Å²) >= 11 is 8.10. The summed E-state index contributed by atoms with van der Waals surface area (Å²) < 4.78 is 0. The maximum absolute atomic E-state index is 14.3. The van der Waals surface area contributed by atoms with Crippen molar-refractivity contribution < 1.29 is 58.2 Å². The van der Waals surface area contributed by atoms with Gasteiger partial charge in [-0.15, -0.1) is 0 Å². The molecule has 0 bridgehead atoms. The highest BCUT2D eigenvalue weighted by Gasteiger charge is 2.43. The molecule has 0 aliphatic carbocycles. The standard InChI is InChI=1S/C43H72N14O12S2/c1-23(46)35(60)53-29(20-70)38(63)55-34(24(2)58)42(67)57-16-8-12-32(57)40(65)51-27(10-4-6-14-45)41(66)56-15-7-11-31(56)39(64)48-19-33(59)50-26(9-3-5-13-44)36(61)52-28(17-25-18-47-22-49-25)37(62)54-30(21-71)43(68)69/h18,22-24,26-32,34,58,70-71H,3-17,19-21,44-46H2,1-2H3,(H,47,49)(H,48,64)(H,50,59)(H,51,65)(H,52,61)(H,53,60)(H,54,62)(H,55,63)(H,68,69)/t23-,24+,26-,27-,28-,29-,30-,31-,32-,34-/m0/s1. The van der Waals surface area contributed by atoms with Gasteiger partial charge < -0.3 is 79.4 Å². The molecule has 9 amide bonds. The number of carbonyl (C=O) groups is 10. The van der Waals surface area contributed by atoms with Gasteiger partial charge in [0.25, 0.3) is 0 Å². The lowest BCUT2D eigenvalue weighted by molar-refractivity contribution is -0.146. The third kappa shape index (κ3) is 18.5. The Labute approximate surface area is 422 Å². The van der Waals surface area contributed by atoms with Gasteiger partial charge in [-0.25, -0.2) is 9.78 Å². The number of rotatable bonds is 30. The van der Waals surface area contributed by atoms with Crippen LogP contribution in [0.5, 0.6) is 0 Å². The summed E-state index contributed by atoms with van der Waals surface area (Å²) in [5.74, 6) is -8.23. The van der Waals surface area contributed by atoms with Crippen molar-refractivity contribution in [2.24, 2.45) is 17.2 Å². The molecule has 2 aliphatic heterocycles. The number of amides is 9. The van der Waals surface area contributed by atoms with E-state index in [1.165, 1.54) is 36.2 Å². The number of aliphatic carboxylic acids is 1. The zero-order valence-corrected chi connectivity index (χ0v) is 41.9. The van der Waals surface area contributed by atoms with Crippen molar-refractivity contribution in [3.05, 3.63) is 18.2 Å². The summed E-state index contributed by atoms with van der Waals surface area (Å²) in [7, 11) is 0. The Morgan fingerprint density at radius 2 is 1.24 bits per heavy atom. The number of unbranched alkanes of at least 4 members (excludes halogenated alkanes) is 2. The van der Waals surface area contributed by atoms with Crippen molar-refractivity contribution in [1.82, 2.24) is 57.0 Å². The van der Waals surface area contributed by atoms with E-state index >= 15 is 0 Å². The van der Waals surface area contributed by atoms with E-state index in [0.29, 0.717) is 57.3 Å². The molecule has 26 nitrogen and oxygen atoms in total. The Kier molecular flexibility index (Phi) is 25.6. The van der Waals surface area contributed by atoms with Crippen molar-refractivity contribution in [3.8, 4) is 0 Å². The number of imidazole rings is 1. The molecular weight excluding hydrogens is 969 g/mol. The molecule has 1 aromatic heterocycles. The predicted molar refractivity (Wildman–Crippen MR) is 263 cm³/mol. The molecule has 3 heterocycles. The zero-order chi connectivity index (χ0) is 52.8. The summed E-state index contributed by atoms with van der Waals surface area (Å²) in [6.45, 7) is 2.92. The van der Waals surface area contributed by atoms with E-state index in [2.05, 4.69) is 72.4 Å². The van der Waals surface area contributed by atoms with Crippen molar-refractivity contribution in [1.29, 1.82) is 0 Å². The second-order valence-corrected chi connectivity index (χ2v) is 18.3. The maximum Gasteiger partial charge on any atom is 0.327 e. The van der Waals surface area contributed by atoms with Crippen LogP contribution in [0.3, 0.4) is 0 Å². The van der Waals surface area contributed by atoms with Crippen LogP contribution in [0.15, 0.2) is 12.5 Å². The number of aromatic nitrogens is 2. The summed E-state index contributed by atoms with van der Waals surface area (Å²) in [6.07, 6.45) is 4.51. The van der Waals surface area contributed by atoms with E-state index in [4.69, 9.17) is 17.2 Å². The van der Waals surface area contributed by atoms with Gasteiger partial charge in [0.2, 0.25) is 53.2 Å². The molecule has 0 saturated carbocycles. The van der Waals surface area contributed by atoms with Crippen LogP contribution in [0.25, 0.3) is 0 Å². The topological polar surface area (TPSA) is 409 Å². The van der Waals surface area contributed by atoms with Gasteiger partial charge in [0.05, 0.1) is 25.0 Å². The number of nitrogens with zero attached hydrogens (tertiary/aromatic N) is 3. The largest absolute Gasteiger partial charge is 0.480 e. The van der Waals surface area contributed by atoms with Crippen LogP contribution in [-0.4, -0.2) is 194 Å². The lowest BCUT2D eigenvalue weighted by atomic mass is 10.1. The maximum atomic E-state index is 14.3. The fraction of sp³-hybridized carbons (Fsp3) is 0.698. The Bertz CT molecular complexity index is 1980. The third-order valence-corrected chi connectivity index (χ3v) is 12.7. The summed E-state index contributed by atoms with van der Waals surface area (Å²) in [6, 6.07) is -10.8. The minimum absolute atomic E-state index is 0.0922. The van der Waals surface area contributed by atoms with Gasteiger partial charge in [-0.3, -0.25) is 43.2 Å². The van der Waals surface area contributed by atoms with E-state index in [1.54, 1.807) is 0 Å². The summed E-state index contributed by atoms with van der Waals surface area (Å²) in [4.78, 5) is 142. The average Bonchev–Trinajstić information content (AvgIpc) is 4.15. The van der Waals surface area contributed by atoms with Crippen molar-refractivity contribution >= 4 is 84.4 Å². The van der Waals surface area contributed by atoms with Gasteiger partial charge in [-0.1, -0.05) is 0 Å². The van der Waals surface area contributed by atoms with Gasteiger partial charge in [0.1, 0.15) is 48.3 Å². The molecule has 0 radical (unpaired) electrons. The first-order valence-electron chi connectivity index (χ1n) is 23.7. The molecule has 398 valence electrons. The number of thiol groups is 2. The molecule has 0 spiro atoms. The fourth-order valence-electron chi connectivity index (χ4n) is 7.99. The molecule has 2 fully saturated rings. The number of aliphatic hydroxyl groups is 1. The van der Waals surface area contributed by atoms with Crippen LogP contribution in [0.1, 0.15) is 83.7 Å². The zero-order valence-electron chi connectivity index (χ0n) is 40.1. The number of H-pyrrole nitrogens is 1. The van der Waals surface area contributed by atoms with Gasteiger partial charge in [-0.2, -0.15) is 25.3 Å². The second-order valence-electron chi connectivity index (χ2n) is 17.5. The fourth-order valence-corrected chi connectivity index (χ4v) is 8.50. The number of likely N-dealkylation sites (tertiary alicyclic amines) is 2. The first-order valence-corrected chi connectivity index (χ1v) is 25.0. The normalized spacial score (nSPS) is 18.9. The summed E-state index contributed by atoms with van der Waals surface area (Å²) in [5.41, 5.74) is 17.5.